The Bertz CT molecular complexity index is 1650. The van der Waals surface area contributed by atoms with Crippen LogP contribution in [0.5, 0.6) is 0 Å². The van der Waals surface area contributed by atoms with Gasteiger partial charge in [0.15, 0.2) is 0 Å². The fourth-order valence-electron chi connectivity index (χ4n) is 5.18. The summed E-state index contributed by atoms with van der Waals surface area (Å²) in [5, 5.41) is 5.40. The standard InChI is InChI=1S/C26H24FGeN2/c1-15-12-19(27)24-18-8-6-7-9-20(18)30-21-14-17(28(2,3)4)13-16-10-11-29(5)25(23(16)21)22(15)26(24)30/h6-14H,1-5H3/q+1. The summed E-state index contributed by atoms with van der Waals surface area (Å²) in [6.07, 6.45) is 2.15. The first-order chi connectivity index (χ1) is 14.3. The Morgan fingerprint density at radius 1 is 0.900 bits per heavy atom. The van der Waals surface area contributed by atoms with Crippen molar-refractivity contribution in [2.45, 2.75) is 24.2 Å². The van der Waals surface area contributed by atoms with Crippen molar-refractivity contribution in [2.75, 3.05) is 0 Å². The van der Waals surface area contributed by atoms with Crippen LogP contribution in [0.4, 0.5) is 4.39 Å². The van der Waals surface area contributed by atoms with Crippen molar-refractivity contribution in [3.05, 3.63) is 66.1 Å². The predicted molar refractivity (Wildman–Crippen MR) is 127 cm³/mol. The van der Waals surface area contributed by atoms with Gasteiger partial charge in [0.25, 0.3) is 0 Å². The van der Waals surface area contributed by atoms with E-state index < -0.39 is 13.3 Å². The molecule has 4 heteroatoms. The predicted octanol–water partition coefficient (Wildman–Crippen LogP) is 5.81. The molecule has 2 nitrogen and oxygen atoms in total. The summed E-state index contributed by atoms with van der Waals surface area (Å²) in [4.78, 5) is 0. The van der Waals surface area contributed by atoms with E-state index >= 15 is 4.39 Å². The molecule has 6 aromatic rings. The SMILES string of the molecule is Cc1cc(F)c2c3ccccc3n3c4c[c]([Ge]([CH3])([CH3])[CH3])cc5cc[n+](C)c(c1c23)c54. The Morgan fingerprint density at radius 3 is 2.43 bits per heavy atom. The van der Waals surface area contributed by atoms with Gasteiger partial charge in [-0.3, -0.25) is 0 Å². The zero-order chi connectivity index (χ0) is 20.9. The maximum absolute atomic E-state index is 15.4. The molecule has 0 radical (unpaired) electrons. The van der Waals surface area contributed by atoms with Crippen molar-refractivity contribution in [3.63, 3.8) is 0 Å². The summed E-state index contributed by atoms with van der Waals surface area (Å²) >= 11 is -2.09. The first kappa shape index (κ1) is 18.1. The number of rotatable bonds is 1. The van der Waals surface area contributed by atoms with Gasteiger partial charge in [0.2, 0.25) is 0 Å². The molecule has 0 atom stereocenters. The van der Waals surface area contributed by atoms with Crippen LogP contribution in [-0.4, -0.2) is 17.7 Å². The van der Waals surface area contributed by atoms with E-state index in [2.05, 4.69) is 75.9 Å². The number of para-hydroxylation sites is 1. The van der Waals surface area contributed by atoms with E-state index in [1.54, 1.807) is 6.07 Å². The molecule has 3 heterocycles. The molecule has 3 aromatic carbocycles. The van der Waals surface area contributed by atoms with E-state index in [0.29, 0.717) is 0 Å². The summed E-state index contributed by atoms with van der Waals surface area (Å²) < 4.78 is 21.3. The van der Waals surface area contributed by atoms with Gasteiger partial charge in [-0.15, -0.1) is 0 Å². The first-order valence-electron chi connectivity index (χ1n) is 10.5. The quantitative estimate of drug-likeness (QED) is 0.128. The summed E-state index contributed by atoms with van der Waals surface area (Å²) in [6, 6.07) is 17.0. The summed E-state index contributed by atoms with van der Waals surface area (Å²) in [5.74, 6) is 7.16. The molecule has 0 saturated heterocycles. The third kappa shape index (κ3) is 2.16. The normalized spacial score (nSPS) is 13.0. The molecular weight excluding hydrogens is 432 g/mol. The molecule has 0 bridgehead atoms. The van der Waals surface area contributed by atoms with Gasteiger partial charge in [-0.1, -0.05) is 0 Å². The summed E-state index contributed by atoms with van der Waals surface area (Å²) in [6.45, 7) is 2.03. The number of hydrogen-bond acceptors (Lipinski definition) is 0. The average molecular weight is 456 g/mol. The molecule has 30 heavy (non-hydrogen) atoms. The van der Waals surface area contributed by atoms with Crippen LogP contribution in [0.25, 0.3) is 49.0 Å². The second-order valence-corrected chi connectivity index (χ2v) is 20.3. The second-order valence-electron chi connectivity index (χ2n) is 9.61. The third-order valence-corrected chi connectivity index (χ3v) is 10.9. The van der Waals surface area contributed by atoms with Crippen LogP contribution in [0.3, 0.4) is 0 Å². The number of aromatic nitrogens is 2. The van der Waals surface area contributed by atoms with Crippen LogP contribution in [0, 0.1) is 12.7 Å². The number of hydrogen-bond donors (Lipinski definition) is 0. The van der Waals surface area contributed by atoms with Crippen LogP contribution in [-0.2, 0) is 7.05 Å². The Hall–Kier alpha value is -2.66. The second kappa shape index (κ2) is 5.73. The number of benzene rings is 3. The number of fused-ring (bicyclic) bond motifs is 5. The molecule has 0 spiro atoms. The minimum absolute atomic E-state index is 0.135. The Morgan fingerprint density at radius 2 is 1.67 bits per heavy atom. The monoisotopic (exact) mass is 457 g/mol. The van der Waals surface area contributed by atoms with Gasteiger partial charge in [-0.25, -0.2) is 0 Å². The zero-order valence-electron chi connectivity index (χ0n) is 18.0. The number of nitrogens with zero attached hydrogens (tertiary/aromatic N) is 2. The van der Waals surface area contributed by atoms with Gasteiger partial charge in [-0.2, -0.15) is 0 Å². The molecule has 0 amide bonds. The van der Waals surface area contributed by atoms with Crippen molar-refractivity contribution < 1.29 is 8.96 Å². The van der Waals surface area contributed by atoms with Crippen molar-refractivity contribution in [1.82, 2.24) is 4.40 Å². The Labute approximate surface area is 177 Å². The molecule has 0 N–H and O–H groups in total. The van der Waals surface area contributed by atoms with Crippen LogP contribution < -0.4 is 8.96 Å². The van der Waals surface area contributed by atoms with Crippen molar-refractivity contribution in [1.29, 1.82) is 0 Å². The molecule has 0 unspecified atom stereocenters. The fourth-order valence-corrected chi connectivity index (χ4v) is 7.61. The van der Waals surface area contributed by atoms with E-state index in [4.69, 9.17) is 0 Å². The average Bonchev–Trinajstić information content (AvgIpc) is 3.04. The Balaban J connectivity index is 2.09. The molecule has 3 aromatic heterocycles. The van der Waals surface area contributed by atoms with E-state index in [-0.39, 0.29) is 5.82 Å². The van der Waals surface area contributed by atoms with Crippen LogP contribution in [0.1, 0.15) is 5.56 Å². The Kier molecular flexibility index (Phi) is 3.46. The molecule has 0 aliphatic heterocycles. The van der Waals surface area contributed by atoms with E-state index in [9.17, 15) is 0 Å². The van der Waals surface area contributed by atoms with Crippen LogP contribution in [0.15, 0.2) is 54.7 Å². The van der Waals surface area contributed by atoms with Gasteiger partial charge in [0.05, 0.1) is 0 Å². The van der Waals surface area contributed by atoms with E-state index in [1.165, 1.54) is 26.2 Å². The molecular formula is C26H24FGeN2+. The summed E-state index contributed by atoms with van der Waals surface area (Å²) in [7, 11) is 2.10. The van der Waals surface area contributed by atoms with Crippen molar-refractivity contribution >= 4 is 66.7 Å². The fraction of sp³-hybridized carbons (Fsp3) is 0.192. The van der Waals surface area contributed by atoms with Gasteiger partial charge < -0.3 is 0 Å². The van der Waals surface area contributed by atoms with E-state index in [0.717, 1.165) is 32.8 Å². The van der Waals surface area contributed by atoms with Gasteiger partial charge in [-0.05, 0) is 0 Å². The molecule has 0 fully saturated rings. The molecule has 0 aliphatic carbocycles. The van der Waals surface area contributed by atoms with Gasteiger partial charge >= 0.3 is 177 Å². The third-order valence-electron chi connectivity index (χ3n) is 6.65. The van der Waals surface area contributed by atoms with E-state index in [1.807, 2.05) is 13.0 Å². The number of halogens is 1. The molecule has 0 saturated carbocycles. The van der Waals surface area contributed by atoms with Crippen LogP contribution in [0.2, 0.25) is 17.3 Å². The number of aryl methyl sites for hydroxylation is 2. The topological polar surface area (TPSA) is 8.29 Å². The zero-order valence-corrected chi connectivity index (χ0v) is 20.1. The van der Waals surface area contributed by atoms with Gasteiger partial charge in [0.1, 0.15) is 0 Å². The molecule has 6 rings (SSSR count). The summed E-state index contributed by atoms with van der Waals surface area (Å²) in [5.41, 5.74) is 5.44. The molecule has 148 valence electrons. The minimum atomic E-state index is -2.09. The van der Waals surface area contributed by atoms with Crippen molar-refractivity contribution in [3.8, 4) is 0 Å². The van der Waals surface area contributed by atoms with Gasteiger partial charge in [0, 0.05) is 0 Å². The van der Waals surface area contributed by atoms with Crippen molar-refractivity contribution in [2.24, 2.45) is 7.05 Å². The molecule has 0 aliphatic rings. The maximum atomic E-state index is 15.4. The number of pyridine rings is 2. The van der Waals surface area contributed by atoms with Crippen LogP contribution >= 0.6 is 0 Å². The first-order valence-corrected chi connectivity index (χ1v) is 17.8.